The van der Waals surface area contributed by atoms with Crippen LogP contribution in [0.15, 0.2) is 12.5 Å². The Morgan fingerprint density at radius 2 is 1.83 bits per heavy atom. The second-order valence-corrected chi connectivity index (χ2v) is 12.1. The number of nitrogens with one attached hydrogen (secondary N) is 1. The summed E-state index contributed by atoms with van der Waals surface area (Å²) in [7, 11) is 0. The van der Waals surface area contributed by atoms with Crippen molar-refractivity contribution in [2.45, 2.75) is 90.8 Å². The van der Waals surface area contributed by atoms with Crippen molar-refractivity contribution in [3.63, 3.8) is 0 Å². The van der Waals surface area contributed by atoms with Crippen molar-refractivity contribution >= 4 is 27.2 Å². The van der Waals surface area contributed by atoms with Gasteiger partial charge >= 0.3 is 0 Å². The van der Waals surface area contributed by atoms with E-state index in [0.29, 0.717) is 24.4 Å². The number of hydrogen-bond donors (Lipinski definition) is 1. The lowest BCUT2D eigenvalue weighted by molar-refractivity contribution is 0.170. The van der Waals surface area contributed by atoms with Gasteiger partial charge in [-0.1, -0.05) is 13.8 Å². The third kappa shape index (κ3) is 3.73. The number of hydrogen-bond acceptors (Lipinski definition) is 4. The van der Waals surface area contributed by atoms with Gasteiger partial charge in [0.05, 0.1) is 5.69 Å². The van der Waals surface area contributed by atoms with E-state index in [9.17, 15) is 4.39 Å². The average Bonchev–Trinajstić information content (AvgIpc) is 3.61. The normalized spacial score (nSPS) is 23.9. The van der Waals surface area contributed by atoms with Gasteiger partial charge in [0.2, 0.25) is 0 Å². The van der Waals surface area contributed by atoms with Crippen molar-refractivity contribution in [2.24, 2.45) is 0 Å². The van der Waals surface area contributed by atoms with Crippen LogP contribution in [-0.4, -0.2) is 49.8 Å². The number of halogens is 1. The highest BCUT2D eigenvalue weighted by molar-refractivity contribution is 7.19. The Balaban J connectivity index is 1.35. The van der Waals surface area contributed by atoms with Crippen LogP contribution in [-0.2, 0) is 0 Å². The summed E-state index contributed by atoms with van der Waals surface area (Å²) in [5, 5.41) is 5.85. The lowest BCUT2D eigenvalue weighted by Crippen LogP contribution is -2.36. The van der Waals surface area contributed by atoms with Crippen LogP contribution in [0.4, 0.5) is 4.39 Å². The van der Waals surface area contributed by atoms with E-state index < -0.39 is 6.17 Å². The molecule has 1 saturated heterocycles. The zero-order valence-electron chi connectivity index (χ0n) is 21.5. The summed E-state index contributed by atoms with van der Waals surface area (Å²) in [5.74, 6) is 1.03. The molecule has 186 valence electrons. The van der Waals surface area contributed by atoms with Gasteiger partial charge in [-0.15, -0.1) is 11.3 Å². The molecule has 0 aromatic carbocycles. The summed E-state index contributed by atoms with van der Waals surface area (Å²) in [4.78, 5) is 13.6. The van der Waals surface area contributed by atoms with Gasteiger partial charge in [-0.25, -0.2) is 13.9 Å². The molecule has 1 atom stereocenters. The van der Waals surface area contributed by atoms with E-state index >= 15 is 0 Å². The molecule has 0 spiro atoms. The van der Waals surface area contributed by atoms with E-state index in [4.69, 9.17) is 0 Å². The van der Waals surface area contributed by atoms with Gasteiger partial charge in [-0.3, -0.25) is 4.90 Å². The Morgan fingerprint density at radius 1 is 1.06 bits per heavy atom. The molecular formula is C28H36FN5S. The number of likely N-dealkylation sites (tertiary alicyclic amines) is 1. The highest BCUT2D eigenvalue weighted by Gasteiger charge is 2.33. The molecule has 2 aliphatic rings. The maximum Gasteiger partial charge on any atom is 0.158 e. The van der Waals surface area contributed by atoms with Crippen molar-refractivity contribution in [3.05, 3.63) is 39.7 Å². The van der Waals surface area contributed by atoms with Gasteiger partial charge in [0.15, 0.2) is 5.65 Å². The fourth-order valence-corrected chi connectivity index (χ4v) is 8.06. The molecule has 2 fully saturated rings. The van der Waals surface area contributed by atoms with Crippen molar-refractivity contribution < 1.29 is 4.39 Å². The second kappa shape index (κ2) is 8.70. The monoisotopic (exact) mass is 493 g/mol. The van der Waals surface area contributed by atoms with Gasteiger partial charge in [-0.05, 0) is 87.0 Å². The molecule has 4 aromatic rings. The highest BCUT2D eigenvalue weighted by atomic mass is 32.1. The van der Waals surface area contributed by atoms with Crippen LogP contribution in [0.3, 0.4) is 0 Å². The van der Waals surface area contributed by atoms with E-state index in [-0.39, 0.29) is 0 Å². The first-order valence-electron chi connectivity index (χ1n) is 13.2. The van der Waals surface area contributed by atoms with Crippen LogP contribution in [0.25, 0.3) is 27.1 Å². The molecule has 1 aliphatic carbocycles. The van der Waals surface area contributed by atoms with E-state index in [2.05, 4.69) is 60.8 Å². The summed E-state index contributed by atoms with van der Waals surface area (Å²) < 4.78 is 15.6. The topological polar surface area (TPSA) is 49.2 Å². The lowest BCUT2D eigenvalue weighted by atomic mass is 9.83. The summed E-state index contributed by atoms with van der Waals surface area (Å²) in [5.41, 5.74) is 8.69. The molecule has 0 bridgehead atoms. The molecule has 1 N–H and O–H groups in total. The summed E-state index contributed by atoms with van der Waals surface area (Å²) in [6.45, 7) is 12.9. The number of aromatic nitrogens is 4. The molecule has 4 aromatic heterocycles. The highest BCUT2D eigenvalue weighted by Crippen LogP contribution is 2.47. The standard InChI is InChI=1S/C28H36FN5S/c1-15(2)23-24-18(5)26(19-6-8-21(9-7-19)33-11-10-20(29)12-33)35-28(24)32-25(23)22-13-34-27(30-14-31-34)17(4)16(22)3/h13-15,19-21,32H,6-12H2,1-5H3/t19?,20-,21?/m1/s1. The predicted octanol–water partition coefficient (Wildman–Crippen LogP) is 7.06. The third-order valence-corrected chi connectivity index (χ3v) is 10.0. The summed E-state index contributed by atoms with van der Waals surface area (Å²) in [6, 6.07) is 0.577. The number of pyridine rings is 1. The van der Waals surface area contributed by atoms with Gasteiger partial charge in [0, 0.05) is 41.2 Å². The first-order valence-corrected chi connectivity index (χ1v) is 14.0. The van der Waals surface area contributed by atoms with Gasteiger partial charge < -0.3 is 4.98 Å². The van der Waals surface area contributed by atoms with Crippen LogP contribution in [0.5, 0.6) is 0 Å². The number of aromatic amines is 1. The number of rotatable bonds is 4. The van der Waals surface area contributed by atoms with Gasteiger partial charge in [0.1, 0.15) is 17.3 Å². The summed E-state index contributed by atoms with van der Waals surface area (Å²) >= 11 is 1.96. The fourth-order valence-electron chi connectivity index (χ4n) is 6.66. The number of aryl methyl sites for hydroxylation is 2. The fraction of sp³-hybridized carbons (Fsp3) is 0.571. The zero-order chi connectivity index (χ0) is 24.4. The molecule has 1 saturated carbocycles. The first-order chi connectivity index (χ1) is 16.8. The Bertz CT molecular complexity index is 1390. The van der Waals surface area contributed by atoms with E-state index in [1.807, 2.05) is 15.9 Å². The molecule has 35 heavy (non-hydrogen) atoms. The largest absolute Gasteiger partial charge is 0.346 e. The average molecular weight is 494 g/mol. The van der Waals surface area contributed by atoms with E-state index in [0.717, 1.165) is 18.6 Å². The third-order valence-electron chi connectivity index (χ3n) is 8.68. The smallest absolute Gasteiger partial charge is 0.158 e. The maximum absolute atomic E-state index is 13.7. The number of thiophene rings is 1. The van der Waals surface area contributed by atoms with Crippen LogP contribution < -0.4 is 0 Å². The molecule has 0 amide bonds. The number of H-pyrrole nitrogens is 1. The maximum atomic E-state index is 13.7. The van der Waals surface area contributed by atoms with Crippen molar-refractivity contribution in [1.82, 2.24) is 24.5 Å². The second-order valence-electron chi connectivity index (χ2n) is 11.1. The Hall–Kier alpha value is -2.25. The van der Waals surface area contributed by atoms with E-state index in [1.54, 1.807) is 11.2 Å². The van der Waals surface area contributed by atoms with Crippen molar-refractivity contribution in [1.29, 1.82) is 0 Å². The Morgan fingerprint density at radius 3 is 2.51 bits per heavy atom. The van der Waals surface area contributed by atoms with Crippen LogP contribution in [0.2, 0.25) is 0 Å². The number of nitrogens with zero attached hydrogens (tertiary/aromatic N) is 4. The van der Waals surface area contributed by atoms with Gasteiger partial charge in [-0.2, -0.15) is 5.10 Å². The predicted molar refractivity (Wildman–Crippen MR) is 143 cm³/mol. The van der Waals surface area contributed by atoms with Crippen LogP contribution in [0.1, 0.15) is 84.9 Å². The van der Waals surface area contributed by atoms with Gasteiger partial charge in [0.25, 0.3) is 0 Å². The minimum absolute atomic E-state index is 0.408. The Labute approximate surface area is 210 Å². The molecule has 5 heterocycles. The Kier molecular flexibility index (Phi) is 5.76. The summed E-state index contributed by atoms with van der Waals surface area (Å²) in [6.07, 6.45) is 8.69. The van der Waals surface area contributed by atoms with Crippen molar-refractivity contribution in [2.75, 3.05) is 13.1 Å². The van der Waals surface area contributed by atoms with Crippen molar-refractivity contribution in [3.8, 4) is 11.3 Å². The quantitative estimate of drug-likeness (QED) is 0.331. The lowest BCUT2D eigenvalue weighted by Gasteiger charge is -2.34. The number of fused-ring (bicyclic) bond motifs is 2. The zero-order valence-corrected chi connectivity index (χ0v) is 22.3. The first kappa shape index (κ1) is 23.2. The van der Waals surface area contributed by atoms with E-state index in [1.165, 1.54) is 69.4 Å². The molecular weight excluding hydrogens is 457 g/mol. The molecule has 1 aliphatic heterocycles. The number of alkyl halides is 1. The molecule has 6 rings (SSSR count). The van der Waals surface area contributed by atoms with Crippen LogP contribution in [0, 0.1) is 20.8 Å². The molecule has 5 nitrogen and oxygen atoms in total. The molecule has 7 heteroatoms. The SMILES string of the molecule is Cc1c(-c2[nH]c3sc(C4CCC(N5CC[C@@H](F)C5)CC4)c(C)c3c2C(C)C)cn2ncnc2c1C. The minimum Gasteiger partial charge on any atom is -0.346 e. The molecule has 0 unspecified atom stereocenters. The minimum atomic E-state index is -0.616. The molecule has 0 radical (unpaired) electrons. The van der Waals surface area contributed by atoms with Crippen LogP contribution >= 0.6 is 11.3 Å².